The van der Waals surface area contributed by atoms with E-state index in [1.165, 1.54) is 5.56 Å². The van der Waals surface area contributed by atoms with Gasteiger partial charge in [-0.25, -0.2) is 0 Å². The van der Waals surface area contributed by atoms with Crippen molar-refractivity contribution in [3.63, 3.8) is 0 Å². The molecule has 1 aromatic carbocycles. The first-order valence-electron chi connectivity index (χ1n) is 9.98. The van der Waals surface area contributed by atoms with Gasteiger partial charge in [0, 0.05) is 43.2 Å². The van der Waals surface area contributed by atoms with Crippen molar-refractivity contribution in [2.75, 3.05) is 26.2 Å². The van der Waals surface area contributed by atoms with Crippen molar-refractivity contribution in [2.24, 2.45) is 0 Å². The first-order chi connectivity index (χ1) is 13.5. The summed E-state index contributed by atoms with van der Waals surface area (Å²) in [6.07, 6.45) is 3.03. The lowest BCUT2D eigenvalue weighted by atomic mass is 10.0. The molecule has 1 aliphatic rings. The number of hydrogen-bond acceptors (Lipinski definition) is 4. The average Bonchev–Trinajstić information content (AvgIpc) is 3.22. The Labute approximate surface area is 172 Å². The molecule has 3 rings (SSSR count). The molecule has 150 valence electrons. The van der Waals surface area contributed by atoms with Crippen LogP contribution in [0.15, 0.2) is 47.9 Å². The fourth-order valence-electron chi connectivity index (χ4n) is 3.45. The van der Waals surface area contributed by atoms with Gasteiger partial charge in [0.1, 0.15) is 6.10 Å². The monoisotopic (exact) mass is 398 g/mol. The Morgan fingerprint density at radius 3 is 2.39 bits per heavy atom. The number of hydrogen-bond donors (Lipinski definition) is 1. The molecule has 2 unspecified atom stereocenters. The molecule has 1 N–H and O–H groups in total. The highest BCUT2D eigenvalue weighted by molar-refractivity contribution is 7.10. The second kappa shape index (κ2) is 9.50. The molecule has 0 spiro atoms. The average molecular weight is 399 g/mol. The van der Waals surface area contributed by atoms with Gasteiger partial charge in [-0.2, -0.15) is 0 Å². The van der Waals surface area contributed by atoms with Gasteiger partial charge in [-0.3, -0.25) is 9.69 Å². The third-order valence-electron chi connectivity index (χ3n) is 5.47. The van der Waals surface area contributed by atoms with E-state index in [0.717, 1.165) is 23.5 Å². The summed E-state index contributed by atoms with van der Waals surface area (Å²) in [5, 5.41) is 12.9. The Morgan fingerprint density at radius 1 is 1.11 bits per heavy atom. The molecule has 1 amide bonds. The van der Waals surface area contributed by atoms with Crippen LogP contribution in [0, 0.1) is 0 Å². The van der Waals surface area contributed by atoms with Crippen LogP contribution >= 0.6 is 11.3 Å². The van der Waals surface area contributed by atoms with Crippen LogP contribution in [0.25, 0.3) is 6.08 Å². The third-order valence-corrected chi connectivity index (χ3v) is 6.50. The molecule has 1 aromatic heterocycles. The Kier molecular flexibility index (Phi) is 7.05. The first kappa shape index (κ1) is 20.8. The van der Waals surface area contributed by atoms with Crippen molar-refractivity contribution < 1.29 is 9.90 Å². The Balaban J connectivity index is 1.52. The molecule has 28 heavy (non-hydrogen) atoms. The van der Waals surface area contributed by atoms with Gasteiger partial charge in [-0.05, 0) is 41.5 Å². The molecule has 2 heterocycles. The predicted molar refractivity (Wildman–Crippen MR) is 116 cm³/mol. The van der Waals surface area contributed by atoms with Crippen LogP contribution in [0.1, 0.15) is 48.8 Å². The molecule has 5 heteroatoms. The minimum absolute atomic E-state index is 0.0378. The molecule has 2 atom stereocenters. The van der Waals surface area contributed by atoms with Gasteiger partial charge >= 0.3 is 0 Å². The quantitative estimate of drug-likeness (QED) is 0.744. The fourth-order valence-corrected chi connectivity index (χ4v) is 4.60. The Bertz CT molecular complexity index is 792. The molecule has 4 nitrogen and oxygen atoms in total. The van der Waals surface area contributed by atoms with E-state index >= 15 is 0 Å². The van der Waals surface area contributed by atoms with Crippen LogP contribution in [0.2, 0.25) is 0 Å². The lowest BCUT2D eigenvalue weighted by Gasteiger charge is -2.39. The smallest absolute Gasteiger partial charge is 0.246 e. The zero-order chi connectivity index (χ0) is 20.1. The zero-order valence-corrected chi connectivity index (χ0v) is 17.7. The van der Waals surface area contributed by atoms with E-state index < -0.39 is 6.10 Å². The van der Waals surface area contributed by atoms with Gasteiger partial charge in [0.25, 0.3) is 0 Å². The summed E-state index contributed by atoms with van der Waals surface area (Å²) in [4.78, 5) is 17.6. The van der Waals surface area contributed by atoms with Crippen LogP contribution in [-0.2, 0) is 4.79 Å². The molecule has 1 saturated heterocycles. The number of thiophene rings is 1. The van der Waals surface area contributed by atoms with Gasteiger partial charge in [-0.1, -0.05) is 44.2 Å². The highest BCUT2D eigenvalue weighted by Gasteiger charge is 2.28. The van der Waals surface area contributed by atoms with E-state index in [1.807, 2.05) is 41.3 Å². The number of nitrogens with zero attached hydrogens (tertiary/aromatic N) is 2. The zero-order valence-electron chi connectivity index (χ0n) is 16.9. The van der Waals surface area contributed by atoms with Gasteiger partial charge in [0.05, 0.1) is 0 Å². The second-order valence-corrected chi connectivity index (χ2v) is 8.67. The van der Waals surface area contributed by atoms with Gasteiger partial charge in [-0.15, -0.1) is 11.3 Å². The normalized spacial score (nSPS) is 18.0. The molecule has 0 saturated carbocycles. The van der Waals surface area contributed by atoms with E-state index in [9.17, 15) is 9.90 Å². The molecular formula is C23H30N2O2S. The van der Waals surface area contributed by atoms with Crippen molar-refractivity contribution >= 4 is 23.3 Å². The van der Waals surface area contributed by atoms with E-state index in [-0.39, 0.29) is 11.9 Å². The number of carbonyl (C=O) groups is 1. The maximum atomic E-state index is 12.4. The SMILES string of the molecule is CC(C)c1csc(C(O)C(C)N2CCN(C(=O)C=Cc3ccccc3)CC2)c1. The number of piperazine rings is 1. The van der Waals surface area contributed by atoms with Crippen molar-refractivity contribution in [3.8, 4) is 0 Å². The van der Waals surface area contributed by atoms with E-state index in [4.69, 9.17) is 0 Å². The molecule has 2 aromatic rings. The topological polar surface area (TPSA) is 43.8 Å². The summed E-state index contributed by atoms with van der Waals surface area (Å²) < 4.78 is 0. The molecule has 1 fully saturated rings. The number of aliphatic hydroxyl groups excluding tert-OH is 1. The highest BCUT2D eigenvalue weighted by atomic mass is 32.1. The molecule has 0 aliphatic carbocycles. The highest BCUT2D eigenvalue weighted by Crippen LogP contribution is 2.30. The van der Waals surface area contributed by atoms with Crippen LogP contribution in [-0.4, -0.2) is 53.0 Å². The van der Waals surface area contributed by atoms with Crippen molar-refractivity contribution in [3.05, 3.63) is 63.9 Å². The first-order valence-corrected chi connectivity index (χ1v) is 10.9. The molecular weight excluding hydrogens is 368 g/mol. The largest absolute Gasteiger partial charge is 0.386 e. The summed E-state index contributed by atoms with van der Waals surface area (Å²) in [5.41, 5.74) is 2.31. The summed E-state index contributed by atoms with van der Waals surface area (Å²) in [5.74, 6) is 0.530. The predicted octanol–water partition coefficient (Wildman–Crippen LogP) is 4.15. The van der Waals surface area contributed by atoms with Gasteiger partial charge in [0.15, 0.2) is 0 Å². The number of benzene rings is 1. The number of carbonyl (C=O) groups excluding carboxylic acids is 1. The van der Waals surface area contributed by atoms with Crippen LogP contribution < -0.4 is 0 Å². The summed E-state index contributed by atoms with van der Waals surface area (Å²) in [6, 6.07) is 12.0. The third kappa shape index (κ3) is 5.10. The lowest BCUT2D eigenvalue weighted by Crippen LogP contribution is -2.52. The van der Waals surface area contributed by atoms with Gasteiger partial charge < -0.3 is 10.0 Å². The van der Waals surface area contributed by atoms with Crippen molar-refractivity contribution in [1.82, 2.24) is 9.80 Å². The second-order valence-electron chi connectivity index (χ2n) is 7.73. The Morgan fingerprint density at radius 2 is 1.79 bits per heavy atom. The summed E-state index contributed by atoms with van der Waals surface area (Å²) >= 11 is 1.64. The van der Waals surface area contributed by atoms with E-state index in [1.54, 1.807) is 17.4 Å². The van der Waals surface area contributed by atoms with E-state index in [0.29, 0.717) is 19.0 Å². The minimum Gasteiger partial charge on any atom is -0.386 e. The lowest BCUT2D eigenvalue weighted by molar-refractivity contribution is -0.128. The number of rotatable bonds is 6. The maximum Gasteiger partial charge on any atom is 0.246 e. The van der Waals surface area contributed by atoms with Crippen molar-refractivity contribution in [2.45, 2.75) is 38.8 Å². The van der Waals surface area contributed by atoms with Gasteiger partial charge in [0.2, 0.25) is 5.91 Å². The summed E-state index contributed by atoms with van der Waals surface area (Å²) in [7, 11) is 0. The number of aliphatic hydroxyl groups is 1. The molecule has 0 radical (unpaired) electrons. The van der Waals surface area contributed by atoms with Crippen LogP contribution in [0.3, 0.4) is 0 Å². The van der Waals surface area contributed by atoms with Crippen molar-refractivity contribution in [1.29, 1.82) is 0 Å². The van der Waals surface area contributed by atoms with Crippen LogP contribution in [0.5, 0.6) is 0 Å². The Hall–Kier alpha value is -1.95. The summed E-state index contributed by atoms with van der Waals surface area (Å²) in [6.45, 7) is 9.37. The number of amides is 1. The fraction of sp³-hybridized carbons (Fsp3) is 0.435. The standard InChI is InChI=1S/C23H30N2O2S/c1-17(2)20-15-21(28-16-20)23(27)18(3)24-11-13-25(14-12-24)22(26)10-9-19-7-5-4-6-8-19/h4-10,15-18,23,27H,11-14H2,1-3H3. The van der Waals surface area contributed by atoms with Crippen LogP contribution in [0.4, 0.5) is 0 Å². The maximum absolute atomic E-state index is 12.4. The molecule has 0 bridgehead atoms. The van der Waals surface area contributed by atoms with E-state index in [2.05, 4.69) is 37.1 Å². The molecule has 1 aliphatic heterocycles. The minimum atomic E-state index is -0.488.